The summed E-state index contributed by atoms with van der Waals surface area (Å²) in [6.07, 6.45) is 2.14. The summed E-state index contributed by atoms with van der Waals surface area (Å²) >= 11 is 1.33. The number of thioether (sulfide) groups is 1. The van der Waals surface area contributed by atoms with Gasteiger partial charge in [0.15, 0.2) is 11.0 Å². The van der Waals surface area contributed by atoms with Crippen LogP contribution in [0.3, 0.4) is 0 Å². The van der Waals surface area contributed by atoms with Gasteiger partial charge in [0.25, 0.3) is 0 Å². The molecule has 1 N–H and O–H groups in total. The van der Waals surface area contributed by atoms with E-state index >= 15 is 0 Å². The average molecular weight is 450 g/mol. The first kappa shape index (κ1) is 21.9. The molecule has 1 amide bonds. The number of rotatable bonds is 8. The van der Waals surface area contributed by atoms with E-state index in [0.717, 1.165) is 36.6 Å². The predicted molar refractivity (Wildman–Crippen MR) is 121 cm³/mol. The van der Waals surface area contributed by atoms with Gasteiger partial charge in [0.2, 0.25) is 5.91 Å². The number of ether oxygens (including phenoxy) is 2. The van der Waals surface area contributed by atoms with Crippen molar-refractivity contribution in [2.24, 2.45) is 0 Å². The summed E-state index contributed by atoms with van der Waals surface area (Å²) < 4.78 is 13.1. The lowest BCUT2D eigenvalue weighted by molar-refractivity contribution is -0.113. The Bertz CT molecular complexity index is 1100. The summed E-state index contributed by atoms with van der Waals surface area (Å²) in [4.78, 5) is 12.5. The molecule has 0 bridgehead atoms. The number of carbonyl (C=O) groups excluding carboxylic acids is 1. The second-order valence-electron chi connectivity index (χ2n) is 7.31. The molecule has 9 heteroatoms. The van der Waals surface area contributed by atoms with Gasteiger partial charge in [-0.25, -0.2) is 0 Å². The van der Waals surface area contributed by atoms with Crippen LogP contribution in [0.4, 0.5) is 5.69 Å². The van der Waals surface area contributed by atoms with Gasteiger partial charge in [-0.1, -0.05) is 11.8 Å². The normalized spacial score (nSPS) is 15.3. The molecule has 8 nitrogen and oxygen atoms in total. The summed E-state index contributed by atoms with van der Waals surface area (Å²) in [6, 6.07) is 16.5. The molecule has 0 radical (unpaired) electrons. The van der Waals surface area contributed by atoms with Gasteiger partial charge in [0, 0.05) is 17.9 Å². The van der Waals surface area contributed by atoms with Gasteiger partial charge in [-0.15, -0.1) is 10.2 Å². The van der Waals surface area contributed by atoms with E-state index in [2.05, 4.69) is 21.6 Å². The molecular formula is C23H23N5O3S. The minimum Gasteiger partial charge on any atom is -0.497 e. The average Bonchev–Trinajstić information content (AvgIpc) is 3.49. The molecule has 2 aromatic carbocycles. The zero-order valence-corrected chi connectivity index (χ0v) is 18.5. The van der Waals surface area contributed by atoms with Gasteiger partial charge in [-0.2, -0.15) is 5.26 Å². The molecule has 1 saturated heterocycles. The number of nitrogens with zero attached hydrogens (tertiary/aromatic N) is 4. The number of carbonyl (C=O) groups is 1. The van der Waals surface area contributed by atoms with Crippen molar-refractivity contribution < 1.29 is 14.3 Å². The smallest absolute Gasteiger partial charge is 0.234 e. The van der Waals surface area contributed by atoms with Crippen LogP contribution in [-0.4, -0.2) is 46.2 Å². The minimum absolute atomic E-state index is 0.106. The lowest BCUT2D eigenvalue weighted by Gasteiger charge is -2.15. The Morgan fingerprint density at radius 1 is 1.25 bits per heavy atom. The number of hydrogen-bond acceptors (Lipinski definition) is 7. The molecule has 1 fully saturated rings. The summed E-state index contributed by atoms with van der Waals surface area (Å²) in [6.45, 7) is 1.40. The fourth-order valence-electron chi connectivity index (χ4n) is 3.46. The van der Waals surface area contributed by atoms with Crippen LogP contribution in [0.5, 0.6) is 5.75 Å². The first-order valence-corrected chi connectivity index (χ1v) is 11.3. The van der Waals surface area contributed by atoms with Gasteiger partial charge >= 0.3 is 0 Å². The Morgan fingerprint density at radius 3 is 2.69 bits per heavy atom. The Kier molecular flexibility index (Phi) is 7.04. The highest BCUT2D eigenvalue weighted by Gasteiger charge is 2.22. The zero-order valence-electron chi connectivity index (χ0n) is 17.7. The van der Waals surface area contributed by atoms with Gasteiger partial charge in [-0.3, -0.25) is 9.36 Å². The van der Waals surface area contributed by atoms with Crippen molar-refractivity contribution in [1.29, 1.82) is 5.26 Å². The second kappa shape index (κ2) is 10.3. The van der Waals surface area contributed by atoms with Gasteiger partial charge < -0.3 is 14.8 Å². The number of hydrogen-bond donors (Lipinski definition) is 1. The summed E-state index contributed by atoms with van der Waals surface area (Å²) in [5.41, 5.74) is 2.12. The van der Waals surface area contributed by atoms with Crippen LogP contribution < -0.4 is 10.1 Å². The molecule has 2 heterocycles. The summed E-state index contributed by atoms with van der Waals surface area (Å²) in [5, 5.41) is 21.1. The fraction of sp³-hybridized carbons (Fsp3) is 0.304. The molecule has 1 unspecified atom stereocenters. The third kappa shape index (κ3) is 5.28. The van der Waals surface area contributed by atoms with Gasteiger partial charge in [0.05, 0.1) is 37.1 Å². The van der Waals surface area contributed by atoms with Gasteiger partial charge in [-0.05, 0) is 61.4 Å². The number of amides is 1. The maximum absolute atomic E-state index is 12.5. The van der Waals surface area contributed by atoms with E-state index in [1.165, 1.54) is 11.8 Å². The van der Waals surface area contributed by atoms with Crippen molar-refractivity contribution in [3.8, 4) is 23.2 Å². The summed E-state index contributed by atoms with van der Waals surface area (Å²) in [7, 11) is 1.63. The third-order valence-corrected chi connectivity index (χ3v) is 6.07. The predicted octanol–water partition coefficient (Wildman–Crippen LogP) is 3.74. The number of anilines is 1. The molecule has 1 aliphatic heterocycles. The number of nitrogens with one attached hydrogen (secondary N) is 1. The molecule has 1 aromatic heterocycles. The largest absolute Gasteiger partial charge is 0.497 e. The Balaban J connectivity index is 1.48. The lowest BCUT2D eigenvalue weighted by Crippen LogP contribution is -2.18. The maximum atomic E-state index is 12.5. The number of aromatic nitrogens is 3. The van der Waals surface area contributed by atoms with Crippen LogP contribution in [0.25, 0.3) is 11.4 Å². The molecule has 1 aliphatic rings. The summed E-state index contributed by atoms with van der Waals surface area (Å²) in [5.74, 6) is 1.54. The Labute approximate surface area is 190 Å². The van der Waals surface area contributed by atoms with Crippen molar-refractivity contribution in [1.82, 2.24) is 14.8 Å². The highest BCUT2D eigenvalue weighted by molar-refractivity contribution is 7.99. The van der Waals surface area contributed by atoms with E-state index in [-0.39, 0.29) is 17.8 Å². The third-order valence-electron chi connectivity index (χ3n) is 5.11. The standard InChI is InChI=1S/C23H23N5O3S/c1-30-19-10-6-17(7-11-19)22-26-27-23(28(22)14-20-3-2-12-31-20)32-15-21(29)25-18-8-4-16(13-24)5-9-18/h4-11,20H,2-3,12,14-15H2,1H3,(H,25,29). The molecule has 32 heavy (non-hydrogen) atoms. The molecule has 1 atom stereocenters. The monoisotopic (exact) mass is 449 g/mol. The highest BCUT2D eigenvalue weighted by atomic mass is 32.2. The van der Waals surface area contributed by atoms with Crippen molar-refractivity contribution in [2.45, 2.75) is 30.6 Å². The Hall–Kier alpha value is -3.35. The molecule has 0 spiro atoms. The van der Waals surface area contributed by atoms with Crippen LogP contribution in [0.2, 0.25) is 0 Å². The van der Waals surface area contributed by atoms with Crippen molar-refractivity contribution in [3.63, 3.8) is 0 Å². The van der Waals surface area contributed by atoms with Crippen molar-refractivity contribution in [3.05, 3.63) is 54.1 Å². The van der Waals surface area contributed by atoms with Crippen LogP contribution >= 0.6 is 11.8 Å². The first-order valence-electron chi connectivity index (χ1n) is 10.3. The van der Waals surface area contributed by atoms with E-state index in [0.29, 0.717) is 23.0 Å². The van der Waals surface area contributed by atoms with Crippen LogP contribution in [0.15, 0.2) is 53.7 Å². The number of nitriles is 1. The number of methoxy groups -OCH3 is 1. The molecule has 3 aromatic rings. The van der Waals surface area contributed by atoms with Crippen molar-refractivity contribution >= 4 is 23.4 Å². The molecule has 0 aliphatic carbocycles. The van der Waals surface area contributed by atoms with Gasteiger partial charge in [0.1, 0.15) is 5.75 Å². The van der Waals surface area contributed by atoms with Crippen LogP contribution in [0, 0.1) is 11.3 Å². The fourth-order valence-corrected chi connectivity index (χ4v) is 4.21. The molecule has 0 saturated carbocycles. The first-order chi connectivity index (χ1) is 15.7. The second-order valence-corrected chi connectivity index (χ2v) is 8.25. The maximum Gasteiger partial charge on any atom is 0.234 e. The highest BCUT2D eigenvalue weighted by Crippen LogP contribution is 2.28. The molecular weight excluding hydrogens is 426 g/mol. The van der Waals surface area contributed by atoms with Crippen LogP contribution in [-0.2, 0) is 16.1 Å². The molecule has 164 valence electrons. The lowest BCUT2D eigenvalue weighted by atomic mass is 10.2. The van der Waals surface area contributed by atoms with E-state index < -0.39 is 0 Å². The Morgan fingerprint density at radius 2 is 2.03 bits per heavy atom. The SMILES string of the molecule is COc1ccc(-c2nnc(SCC(=O)Nc3ccc(C#N)cc3)n2CC2CCCO2)cc1. The quantitative estimate of drug-likeness (QED) is 0.523. The van der Waals surface area contributed by atoms with E-state index in [1.807, 2.05) is 28.8 Å². The zero-order chi connectivity index (χ0) is 22.3. The topological polar surface area (TPSA) is 102 Å². The van der Waals surface area contributed by atoms with Crippen molar-refractivity contribution in [2.75, 3.05) is 24.8 Å². The molecule has 4 rings (SSSR count). The number of benzene rings is 2. The van der Waals surface area contributed by atoms with E-state index in [9.17, 15) is 4.79 Å². The van der Waals surface area contributed by atoms with Crippen LogP contribution in [0.1, 0.15) is 18.4 Å². The minimum atomic E-state index is -0.155. The van der Waals surface area contributed by atoms with E-state index in [1.54, 1.807) is 31.4 Å². The van der Waals surface area contributed by atoms with E-state index in [4.69, 9.17) is 14.7 Å².